The molecular formula is C23H28IN5O2. The first-order chi connectivity index (χ1) is 14.6. The number of aromatic nitrogens is 1. The topological polar surface area (TPSA) is 91.5 Å². The number of rotatable bonds is 7. The van der Waals surface area contributed by atoms with Gasteiger partial charge in [-0.15, -0.1) is 24.0 Å². The molecule has 8 heteroatoms. The van der Waals surface area contributed by atoms with E-state index >= 15 is 0 Å². The molecule has 0 saturated carbocycles. The zero-order valence-electron chi connectivity index (χ0n) is 17.9. The molecule has 1 heterocycles. The van der Waals surface area contributed by atoms with Gasteiger partial charge in [0.2, 0.25) is 5.89 Å². The van der Waals surface area contributed by atoms with Crippen LogP contribution in [0, 0.1) is 6.92 Å². The fourth-order valence-corrected chi connectivity index (χ4v) is 2.86. The molecule has 3 rings (SSSR count). The number of nitrogens with zero attached hydrogens (tertiary/aromatic N) is 2. The second-order valence-electron chi connectivity index (χ2n) is 6.84. The number of guanidine groups is 1. The van der Waals surface area contributed by atoms with Crippen LogP contribution >= 0.6 is 24.0 Å². The fourth-order valence-electron chi connectivity index (χ4n) is 2.86. The molecule has 164 valence electrons. The molecule has 2 aromatic carbocycles. The second-order valence-corrected chi connectivity index (χ2v) is 6.84. The number of amides is 1. The largest absolute Gasteiger partial charge is 0.444 e. The van der Waals surface area contributed by atoms with E-state index in [1.165, 1.54) is 5.56 Å². The lowest BCUT2D eigenvalue weighted by molar-refractivity contribution is 0.0963. The monoisotopic (exact) mass is 533 g/mol. The molecule has 0 aliphatic rings. The Labute approximate surface area is 199 Å². The van der Waals surface area contributed by atoms with Crippen LogP contribution in [0.3, 0.4) is 0 Å². The Morgan fingerprint density at radius 1 is 1.13 bits per heavy atom. The van der Waals surface area contributed by atoms with Gasteiger partial charge in [0.15, 0.2) is 5.96 Å². The maximum Gasteiger partial charge on any atom is 0.251 e. The van der Waals surface area contributed by atoms with Gasteiger partial charge in [-0.3, -0.25) is 4.79 Å². The average molecular weight is 533 g/mol. The van der Waals surface area contributed by atoms with Gasteiger partial charge in [-0.1, -0.05) is 29.8 Å². The van der Waals surface area contributed by atoms with Gasteiger partial charge in [0.1, 0.15) is 6.26 Å². The number of hydrogen-bond acceptors (Lipinski definition) is 4. The van der Waals surface area contributed by atoms with Gasteiger partial charge in [-0.25, -0.2) is 9.98 Å². The van der Waals surface area contributed by atoms with Crippen molar-refractivity contribution in [2.75, 3.05) is 13.6 Å². The lowest BCUT2D eigenvalue weighted by Crippen LogP contribution is -2.36. The predicted molar refractivity (Wildman–Crippen MR) is 134 cm³/mol. The van der Waals surface area contributed by atoms with Gasteiger partial charge in [-0.05, 0) is 43.7 Å². The number of carbonyl (C=O) groups is 1. The first-order valence-electron chi connectivity index (χ1n) is 9.93. The number of carbonyl (C=O) groups excluding carboxylic acids is 1. The average Bonchev–Trinajstić information content (AvgIpc) is 3.25. The molecule has 0 unspecified atom stereocenters. The minimum atomic E-state index is -0.110. The van der Waals surface area contributed by atoms with E-state index in [-0.39, 0.29) is 29.9 Å². The molecule has 3 aromatic rings. The van der Waals surface area contributed by atoms with Crippen molar-refractivity contribution in [3.63, 3.8) is 0 Å². The third-order valence-electron chi connectivity index (χ3n) is 4.47. The molecule has 7 nitrogen and oxygen atoms in total. The zero-order valence-corrected chi connectivity index (χ0v) is 20.3. The summed E-state index contributed by atoms with van der Waals surface area (Å²) in [6.45, 7) is 5.73. The van der Waals surface area contributed by atoms with Gasteiger partial charge in [0.05, 0.1) is 18.8 Å². The van der Waals surface area contributed by atoms with Crippen LogP contribution in [-0.2, 0) is 13.1 Å². The molecule has 1 amide bonds. The fraction of sp³-hybridized carbons (Fsp3) is 0.261. The maximum atomic E-state index is 11.8. The number of oxazole rings is 1. The molecule has 3 N–H and O–H groups in total. The van der Waals surface area contributed by atoms with E-state index in [0.717, 1.165) is 23.4 Å². The Kier molecular flexibility index (Phi) is 9.51. The summed E-state index contributed by atoms with van der Waals surface area (Å²) in [5.74, 6) is 1.16. The quantitative estimate of drug-likeness (QED) is 0.244. The van der Waals surface area contributed by atoms with Gasteiger partial charge < -0.3 is 20.4 Å². The highest BCUT2D eigenvalue weighted by atomic mass is 127. The maximum absolute atomic E-state index is 11.8. The van der Waals surface area contributed by atoms with E-state index in [4.69, 9.17) is 4.42 Å². The Balaban J connectivity index is 0.00000341. The van der Waals surface area contributed by atoms with Crippen molar-refractivity contribution >= 4 is 35.8 Å². The highest BCUT2D eigenvalue weighted by Crippen LogP contribution is 2.19. The lowest BCUT2D eigenvalue weighted by Gasteiger charge is -2.10. The van der Waals surface area contributed by atoms with Crippen LogP contribution in [0.5, 0.6) is 0 Å². The van der Waals surface area contributed by atoms with Gasteiger partial charge in [0.25, 0.3) is 5.91 Å². The van der Waals surface area contributed by atoms with Crippen molar-refractivity contribution in [2.45, 2.75) is 26.9 Å². The van der Waals surface area contributed by atoms with Gasteiger partial charge >= 0.3 is 0 Å². The standard InChI is InChI=1S/C23H27N5O2.HI/c1-4-25-23(26-13-17-6-5-7-19(12-17)21(29)24-3)27-14-20-15-30-22(28-20)18-10-8-16(2)9-11-18;/h5-12,15H,4,13-14H2,1-3H3,(H,24,29)(H2,25,26,27);1H. The summed E-state index contributed by atoms with van der Waals surface area (Å²) in [6.07, 6.45) is 1.65. The first-order valence-corrected chi connectivity index (χ1v) is 9.93. The van der Waals surface area contributed by atoms with E-state index in [1.54, 1.807) is 19.4 Å². The normalized spacial score (nSPS) is 10.9. The zero-order chi connectivity index (χ0) is 21.3. The van der Waals surface area contributed by atoms with Crippen LogP contribution in [0.15, 0.2) is 64.2 Å². The van der Waals surface area contributed by atoms with Crippen molar-refractivity contribution in [1.29, 1.82) is 0 Å². The van der Waals surface area contributed by atoms with E-state index in [0.29, 0.717) is 30.5 Å². The summed E-state index contributed by atoms with van der Waals surface area (Å²) in [6, 6.07) is 15.5. The highest BCUT2D eigenvalue weighted by Gasteiger charge is 2.08. The summed E-state index contributed by atoms with van der Waals surface area (Å²) in [7, 11) is 1.62. The van der Waals surface area contributed by atoms with E-state index in [9.17, 15) is 4.79 Å². The van der Waals surface area contributed by atoms with Crippen molar-refractivity contribution in [2.24, 2.45) is 4.99 Å². The van der Waals surface area contributed by atoms with E-state index in [1.807, 2.05) is 56.3 Å². The minimum absolute atomic E-state index is 0. The number of benzene rings is 2. The summed E-state index contributed by atoms with van der Waals surface area (Å²) in [5, 5.41) is 9.12. The third-order valence-corrected chi connectivity index (χ3v) is 4.47. The van der Waals surface area contributed by atoms with Crippen molar-refractivity contribution in [1.82, 2.24) is 20.9 Å². The molecule has 0 saturated heterocycles. The van der Waals surface area contributed by atoms with Crippen LogP contribution in [0.1, 0.15) is 34.1 Å². The van der Waals surface area contributed by atoms with Crippen molar-refractivity contribution in [3.05, 3.63) is 77.2 Å². The number of nitrogens with one attached hydrogen (secondary N) is 3. The van der Waals surface area contributed by atoms with Crippen LogP contribution in [0.2, 0.25) is 0 Å². The molecule has 0 bridgehead atoms. The van der Waals surface area contributed by atoms with Crippen LogP contribution in [0.25, 0.3) is 11.5 Å². The molecule has 31 heavy (non-hydrogen) atoms. The SMILES string of the molecule is CCNC(=NCc1cccc(C(=O)NC)c1)NCc1coc(-c2ccc(C)cc2)n1.I. The summed E-state index contributed by atoms with van der Waals surface area (Å²) < 4.78 is 5.61. The number of aryl methyl sites for hydroxylation is 1. The first kappa shape index (κ1) is 24.4. The highest BCUT2D eigenvalue weighted by molar-refractivity contribution is 14.0. The molecule has 0 fully saturated rings. The Hall–Kier alpha value is -2.88. The summed E-state index contributed by atoms with van der Waals surface area (Å²) in [5.41, 5.74) is 4.51. The van der Waals surface area contributed by atoms with Crippen LogP contribution in [0.4, 0.5) is 0 Å². The van der Waals surface area contributed by atoms with Crippen LogP contribution in [-0.4, -0.2) is 30.4 Å². The van der Waals surface area contributed by atoms with Gasteiger partial charge in [0, 0.05) is 24.7 Å². The molecular weight excluding hydrogens is 505 g/mol. The Bertz CT molecular complexity index is 1010. The molecule has 0 radical (unpaired) electrons. The van der Waals surface area contributed by atoms with Crippen LogP contribution < -0.4 is 16.0 Å². The smallest absolute Gasteiger partial charge is 0.251 e. The van der Waals surface area contributed by atoms with Gasteiger partial charge in [-0.2, -0.15) is 0 Å². The second kappa shape index (κ2) is 12.1. The molecule has 0 spiro atoms. The Morgan fingerprint density at radius 2 is 1.90 bits per heavy atom. The Morgan fingerprint density at radius 3 is 2.61 bits per heavy atom. The van der Waals surface area contributed by atoms with E-state index < -0.39 is 0 Å². The minimum Gasteiger partial charge on any atom is -0.444 e. The molecule has 1 aromatic heterocycles. The third kappa shape index (κ3) is 7.09. The summed E-state index contributed by atoms with van der Waals surface area (Å²) in [4.78, 5) is 20.9. The van der Waals surface area contributed by atoms with E-state index in [2.05, 4.69) is 25.9 Å². The molecule has 0 aliphatic carbocycles. The summed E-state index contributed by atoms with van der Waals surface area (Å²) >= 11 is 0. The molecule has 0 aliphatic heterocycles. The predicted octanol–water partition coefficient (Wildman–Crippen LogP) is 3.88. The lowest BCUT2D eigenvalue weighted by atomic mass is 10.1. The number of halogens is 1. The van der Waals surface area contributed by atoms with Crippen molar-refractivity contribution < 1.29 is 9.21 Å². The number of aliphatic imine (C=N–C) groups is 1. The molecule has 0 atom stereocenters. The number of hydrogen-bond donors (Lipinski definition) is 3. The van der Waals surface area contributed by atoms with Crippen molar-refractivity contribution in [3.8, 4) is 11.5 Å².